The van der Waals surface area contributed by atoms with Gasteiger partial charge in [-0.05, 0) is 80.3 Å². The first kappa shape index (κ1) is 26.4. The van der Waals surface area contributed by atoms with Gasteiger partial charge in [-0.3, -0.25) is 9.78 Å². The third kappa shape index (κ3) is 5.32. The highest BCUT2D eigenvalue weighted by Crippen LogP contribution is 2.33. The standard InChI is InChI=1S/C30H37FN4O3/c1-19(2)29(36)34-10-7-21(8-11-34)16-33-9-6-22(17-33)12-23-18-35(27-15-32-14-20(3)28(23)27)26-5-4-24(31)13-25(26)30(37)38/h4-5,13-15,18-19,21-22H,6-12,16-17H2,1-3H3,(H,37,38)/t22-/m0/s1. The number of carboxylic acid groups (broad SMARTS) is 1. The largest absolute Gasteiger partial charge is 0.478 e. The van der Waals surface area contributed by atoms with Gasteiger partial charge in [0.2, 0.25) is 5.91 Å². The zero-order chi connectivity index (χ0) is 27.0. The van der Waals surface area contributed by atoms with E-state index in [1.807, 2.05) is 42.6 Å². The van der Waals surface area contributed by atoms with Crippen molar-refractivity contribution < 1.29 is 19.1 Å². The second-order valence-corrected chi connectivity index (χ2v) is 11.4. The first-order valence-electron chi connectivity index (χ1n) is 13.7. The van der Waals surface area contributed by atoms with Crippen molar-refractivity contribution >= 4 is 22.8 Å². The van der Waals surface area contributed by atoms with Crippen LogP contribution in [0.1, 0.15) is 54.6 Å². The van der Waals surface area contributed by atoms with Gasteiger partial charge in [0.05, 0.1) is 23.0 Å². The number of aromatic nitrogens is 2. The van der Waals surface area contributed by atoms with Crippen molar-refractivity contribution in [1.29, 1.82) is 0 Å². The van der Waals surface area contributed by atoms with Gasteiger partial charge < -0.3 is 19.5 Å². The van der Waals surface area contributed by atoms with E-state index in [0.717, 1.165) is 80.9 Å². The molecule has 0 saturated carbocycles. The number of pyridine rings is 1. The number of rotatable bonds is 7. The molecule has 0 aliphatic carbocycles. The summed E-state index contributed by atoms with van der Waals surface area (Å²) in [5.74, 6) is -0.250. The van der Waals surface area contributed by atoms with Crippen molar-refractivity contribution in [2.24, 2.45) is 17.8 Å². The SMILES string of the molecule is Cc1cncc2c1c(C[C@@H]1CCN(CC3CCN(C(=O)C(C)C)CC3)C1)cn2-c1ccc(F)cc1C(=O)O. The van der Waals surface area contributed by atoms with E-state index in [1.54, 1.807) is 6.20 Å². The minimum atomic E-state index is -1.16. The molecule has 1 aromatic carbocycles. The first-order chi connectivity index (χ1) is 18.2. The maximum absolute atomic E-state index is 13.9. The van der Waals surface area contributed by atoms with Gasteiger partial charge in [0.15, 0.2) is 0 Å². The number of aryl methyl sites for hydroxylation is 1. The third-order valence-corrected chi connectivity index (χ3v) is 8.24. The molecule has 1 atom stereocenters. The Morgan fingerprint density at radius 1 is 1.11 bits per heavy atom. The molecule has 8 heteroatoms. The Hall–Kier alpha value is -3.26. The van der Waals surface area contributed by atoms with Crippen LogP contribution < -0.4 is 0 Å². The van der Waals surface area contributed by atoms with Gasteiger partial charge in [-0.2, -0.15) is 0 Å². The Bertz CT molecular complexity index is 1340. The summed E-state index contributed by atoms with van der Waals surface area (Å²) in [6, 6.07) is 3.90. The molecule has 38 heavy (non-hydrogen) atoms. The van der Waals surface area contributed by atoms with Gasteiger partial charge in [-0.25, -0.2) is 9.18 Å². The van der Waals surface area contributed by atoms with E-state index in [2.05, 4.69) is 9.88 Å². The molecule has 0 radical (unpaired) electrons. The summed E-state index contributed by atoms with van der Waals surface area (Å²) in [5, 5.41) is 10.8. The van der Waals surface area contributed by atoms with Crippen molar-refractivity contribution in [2.75, 3.05) is 32.7 Å². The van der Waals surface area contributed by atoms with Gasteiger partial charge in [0.25, 0.3) is 0 Å². The Morgan fingerprint density at radius 2 is 1.84 bits per heavy atom. The van der Waals surface area contributed by atoms with Gasteiger partial charge in [0, 0.05) is 49.9 Å². The van der Waals surface area contributed by atoms with Crippen LogP contribution in [0.4, 0.5) is 4.39 Å². The second-order valence-electron chi connectivity index (χ2n) is 11.4. The summed E-state index contributed by atoms with van der Waals surface area (Å²) in [5.41, 5.74) is 3.44. The number of carbonyl (C=O) groups excluding carboxylic acids is 1. The van der Waals surface area contributed by atoms with Crippen LogP contribution in [-0.4, -0.2) is 69.1 Å². The fourth-order valence-electron chi connectivity index (χ4n) is 6.31. The minimum Gasteiger partial charge on any atom is -0.478 e. The van der Waals surface area contributed by atoms with Crippen LogP contribution in [0.5, 0.6) is 0 Å². The Kier molecular flexibility index (Phi) is 7.52. The van der Waals surface area contributed by atoms with Crippen LogP contribution in [0.15, 0.2) is 36.8 Å². The summed E-state index contributed by atoms with van der Waals surface area (Å²) in [4.78, 5) is 33.2. The number of halogens is 1. The number of nitrogens with zero attached hydrogens (tertiary/aromatic N) is 4. The Morgan fingerprint density at radius 3 is 2.55 bits per heavy atom. The number of aromatic carboxylic acids is 1. The lowest BCUT2D eigenvalue weighted by Crippen LogP contribution is -2.42. The zero-order valence-corrected chi connectivity index (χ0v) is 22.5. The molecular formula is C30H37FN4O3. The lowest BCUT2D eigenvalue weighted by atomic mass is 9.95. The fourth-order valence-corrected chi connectivity index (χ4v) is 6.31. The number of hydrogen-bond donors (Lipinski definition) is 1. The number of piperidine rings is 1. The van der Waals surface area contributed by atoms with Gasteiger partial charge in [0.1, 0.15) is 5.82 Å². The molecule has 4 heterocycles. The van der Waals surface area contributed by atoms with E-state index in [4.69, 9.17) is 0 Å². The summed E-state index contributed by atoms with van der Waals surface area (Å²) >= 11 is 0. The average molecular weight is 521 g/mol. The highest BCUT2D eigenvalue weighted by atomic mass is 19.1. The molecular weight excluding hydrogens is 483 g/mol. The molecule has 7 nitrogen and oxygen atoms in total. The van der Waals surface area contributed by atoms with Gasteiger partial charge in [-0.15, -0.1) is 0 Å². The number of carbonyl (C=O) groups is 2. The van der Waals surface area contributed by atoms with Gasteiger partial charge >= 0.3 is 5.97 Å². The molecule has 1 amide bonds. The smallest absolute Gasteiger partial charge is 0.337 e. The molecule has 0 unspecified atom stereocenters. The van der Waals surface area contributed by atoms with E-state index in [0.29, 0.717) is 17.5 Å². The number of fused-ring (bicyclic) bond motifs is 1. The summed E-state index contributed by atoms with van der Waals surface area (Å²) in [7, 11) is 0. The molecule has 202 valence electrons. The van der Waals surface area contributed by atoms with E-state index in [-0.39, 0.29) is 17.4 Å². The quantitative estimate of drug-likeness (QED) is 0.478. The van der Waals surface area contributed by atoms with Crippen molar-refractivity contribution in [3.63, 3.8) is 0 Å². The average Bonchev–Trinajstić information content (AvgIpc) is 3.49. The predicted octanol–water partition coefficient (Wildman–Crippen LogP) is 4.93. The highest BCUT2D eigenvalue weighted by Gasteiger charge is 2.29. The molecule has 1 N–H and O–H groups in total. The molecule has 2 aromatic heterocycles. The lowest BCUT2D eigenvalue weighted by molar-refractivity contribution is -0.135. The Labute approximate surface area is 223 Å². The molecule has 2 fully saturated rings. The number of hydrogen-bond acceptors (Lipinski definition) is 4. The number of benzene rings is 1. The van der Waals surface area contributed by atoms with E-state index in [1.165, 1.54) is 17.7 Å². The molecule has 3 aromatic rings. The Balaban J connectivity index is 1.30. The summed E-state index contributed by atoms with van der Waals surface area (Å²) < 4.78 is 15.7. The molecule has 0 bridgehead atoms. The van der Waals surface area contributed by atoms with Crippen LogP contribution >= 0.6 is 0 Å². The van der Waals surface area contributed by atoms with Crippen LogP contribution in [0, 0.1) is 30.5 Å². The monoisotopic (exact) mass is 520 g/mol. The predicted molar refractivity (Wildman–Crippen MR) is 145 cm³/mol. The highest BCUT2D eigenvalue weighted by molar-refractivity contribution is 5.94. The van der Waals surface area contributed by atoms with Crippen LogP contribution in [0.3, 0.4) is 0 Å². The number of amides is 1. The molecule has 5 rings (SSSR count). The number of carboxylic acids is 1. The molecule has 2 aliphatic rings. The normalized spacial score (nSPS) is 19.1. The van der Waals surface area contributed by atoms with Crippen LogP contribution in [0.25, 0.3) is 16.6 Å². The van der Waals surface area contributed by atoms with Crippen molar-refractivity contribution in [3.05, 3.63) is 59.3 Å². The second kappa shape index (κ2) is 10.8. The van der Waals surface area contributed by atoms with Gasteiger partial charge in [-0.1, -0.05) is 13.8 Å². The minimum absolute atomic E-state index is 0.0648. The third-order valence-electron chi connectivity index (χ3n) is 8.24. The zero-order valence-electron chi connectivity index (χ0n) is 22.5. The van der Waals surface area contributed by atoms with E-state index >= 15 is 0 Å². The summed E-state index contributed by atoms with van der Waals surface area (Å²) in [6.45, 7) is 10.9. The molecule has 0 spiro atoms. The van der Waals surface area contributed by atoms with E-state index < -0.39 is 11.8 Å². The molecule has 2 aliphatic heterocycles. The maximum Gasteiger partial charge on any atom is 0.337 e. The van der Waals surface area contributed by atoms with Crippen molar-refractivity contribution in [3.8, 4) is 5.69 Å². The summed E-state index contributed by atoms with van der Waals surface area (Å²) in [6.07, 6.45) is 9.79. The van der Waals surface area contributed by atoms with E-state index in [9.17, 15) is 19.1 Å². The first-order valence-corrected chi connectivity index (χ1v) is 13.7. The van der Waals surface area contributed by atoms with Crippen molar-refractivity contribution in [1.82, 2.24) is 19.4 Å². The van der Waals surface area contributed by atoms with Crippen LogP contribution in [-0.2, 0) is 11.2 Å². The lowest BCUT2D eigenvalue weighted by Gasteiger charge is -2.34. The topological polar surface area (TPSA) is 78.7 Å². The maximum atomic E-state index is 13.9. The van der Waals surface area contributed by atoms with Crippen molar-refractivity contribution in [2.45, 2.75) is 46.5 Å². The number of likely N-dealkylation sites (tertiary alicyclic amines) is 2. The fraction of sp³-hybridized carbons (Fsp3) is 0.500. The van der Waals surface area contributed by atoms with Crippen LogP contribution in [0.2, 0.25) is 0 Å². The molecule has 2 saturated heterocycles.